The van der Waals surface area contributed by atoms with E-state index in [0.717, 1.165) is 12.1 Å². The molecule has 1 aromatic carbocycles. The van der Waals surface area contributed by atoms with Gasteiger partial charge in [0.2, 0.25) is 0 Å². The molecule has 1 unspecified atom stereocenters. The van der Waals surface area contributed by atoms with Crippen molar-refractivity contribution in [1.82, 2.24) is 10.3 Å². The van der Waals surface area contributed by atoms with Crippen LogP contribution in [0.25, 0.3) is 0 Å². The number of ketones is 1. The fourth-order valence-corrected chi connectivity index (χ4v) is 3.94. The van der Waals surface area contributed by atoms with Gasteiger partial charge in [-0.1, -0.05) is 18.2 Å². The summed E-state index contributed by atoms with van der Waals surface area (Å²) in [7, 11) is 0. The molecule has 1 atom stereocenters. The molecule has 2 aromatic rings. The van der Waals surface area contributed by atoms with E-state index in [-0.39, 0.29) is 11.7 Å². The summed E-state index contributed by atoms with van der Waals surface area (Å²) >= 11 is 0. The van der Waals surface area contributed by atoms with Crippen molar-refractivity contribution in [3.05, 3.63) is 82.7 Å². The van der Waals surface area contributed by atoms with Crippen molar-refractivity contribution in [2.45, 2.75) is 32.1 Å². The Balaban J connectivity index is 1.82. The molecule has 2 heterocycles. The minimum atomic E-state index is -0.734. The van der Waals surface area contributed by atoms with Crippen molar-refractivity contribution >= 4 is 17.4 Å². The standard InChI is InChI=1S/C22H20FN3O2/c1-13-19(22(28)26-14-6-5-11-24-12-14)20(15-7-2-3-8-16(15)23)21-17(25-13)9-4-10-18(21)27/h2-3,5-8,11-12,20,25H,4,9-10H2,1H3,(H,26,28). The minimum Gasteiger partial charge on any atom is -0.362 e. The van der Waals surface area contributed by atoms with Crippen LogP contribution in [0.5, 0.6) is 0 Å². The van der Waals surface area contributed by atoms with Crippen LogP contribution in [0.15, 0.2) is 71.3 Å². The van der Waals surface area contributed by atoms with Crippen LogP contribution in [-0.2, 0) is 9.59 Å². The van der Waals surface area contributed by atoms with Crippen LogP contribution in [0.1, 0.15) is 37.7 Å². The highest BCUT2D eigenvalue weighted by atomic mass is 19.1. The van der Waals surface area contributed by atoms with Gasteiger partial charge >= 0.3 is 0 Å². The minimum absolute atomic E-state index is 0.0406. The third-order valence-corrected chi connectivity index (χ3v) is 5.16. The molecule has 1 aliphatic heterocycles. The molecule has 2 aliphatic rings. The number of nitrogens with zero attached hydrogens (tertiary/aromatic N) is 1. The number of hydrogen-bond acceptors (Lipinski definition) is 4. The Morgan fingerprint density at radius 3 is 2.79 bits per heavy atom. The number of halogens is 1. The molecular weight excluding hydrogens is 357 g/mol. The van der Waals surface area contributed by atoms with E-state index in [1.165, 1.54) is 6.07 Å². The predicted octanol–water partition coefficient (Wildman–Crippen LogP) is 3.83. The smallest absolute Gasteiger partial charge is 0.254 e. The summed E-state index contributed by atoms with van der Waals surface area (Å²) in [5.74, 6) is -1.58. The Bertz CT molecular complexity index is 1010. The van der Waals surface area contributed by atoms with Gasteiger partial charge in [0.15, 0.2) is 5.78 Å². The third-order valence-electron chi connectivity index (χ3n) is 5.16. The maximum atomic E-state index is 14.7. The maximum Gasteiger partial charge on any atom is 0.254 e. The van der Waals surface area contributed by atoms with Gasteiger partial charge in [0.25, 0.3) is 5.91 Å². The van der Waals surface area contributed by atoms with Crippen LogP contribution in [0, 0.1) is 5.82 Å². The first-order chi connectivity index (χ1) is 13.6. The van der Waals surface area contributed by atoms with Gasteiger partial charge in [-0.15, -0.1) is 0 Å². The normalized spacial score (nSPS) is 19.2. The number of amides is 1. The fourth-order valence-electron chi connectivity index (χ4n) is 3.94. The molecule has 6 heteroatoms. The molecular formula is C22H20FN3O2. The summed E-state index contributed by atoms with van der Waals surface area (Å²) in [5.41, 5.74) is 3.14. The van der Waals surface area contributed by atoms with E-state index in [1.54, 1.807) is 49.6 Å². The molecule has 5 nitrogen and oxygen atoms in total. The molecule has 142 valence electrons. The van der Waals surface area contributed by atoms with Gasteiger partial charge in [0.05, 0.1) is 11.9 Å². The lowest BCUT2D eigenvalue weighted by atomic mass is 9.75. The van der Waals surface area contributed by atoms with Gasteiger partial charge in [-0.2, -0.15) is 0 Å². The summed E-state index contributed by atoms with van der Waals surface area (Å²) < 4.78 is 14.7. The molecule has 2 N–H and O–H groups in total. The van der Waals surface area contributed by atoms with E-state index in [2.05, 4.69) is 15.6 Å². The summed E-state index contributed by atoms with van der Waals surface area (Å²) in [6, 6.07) is 9.77. The van der Waals surface area contributed by atoms with E-state index in [0.29, 0.717) is 40.9 Å². The van der Waals surface area contributed by atoms with Crippen LogP contribution < -0.4 is 10.6 Å². The average Bonchev–Trinajstić information content (AvgIpc) is 2.68. The zero-order valence-electron chi connectivity index (χ0n) is 15.5. The molecule has 0 bridgehead atoms. The SMILES string of the molecule is CC1=C(C(=O)Nc2cccnc2)C(c2ccccc2F)C2=C(CCCC2=O)N1. The molecule has 1 aromatic heterocycles. The summed E-state index contributed by atoms with van der Waals surface area (Å²) in [6.07, 6.45) is 5.02. The maximum absolute atomic E-state index is 14.7. The number of allylic oxidation sites excluding steroid dienone is 3. The lowest BCUT2D eigenvalue weighted by molar-refractivity contribution is -0.116. The average molecular weight is 377 g/mol. The van der Waals surface area contributed by atoms with E-state index < -0.39 is 11.7 Å². The predicted molar refractivity (Wildman–Crippen MR) is 104 cm³/mol. The lowest BCUT2D eigenvalue weighted by Gasteiger charge is -2.34. The monoisotopic (exact) mass is 377 g/mol. The topological polar surface area (TPSA) is 71.1 Å². The first-order valence-corrected chi connectivity index (χ1v) is 9.26. The number of carbonyl (C=O) groups excluding carboxylic acids is 2. The fraction of sp³-hybridized carbons (Fsp3) is 0.227. The highest BCUT2D eigenvalue weighted by Gasteiger charge is 2.39. The van der Waals surface area contributed by atoms with Crippen molar-refractivity contribution < 1.29 is 14.0 Å². The van der Waals surface area contributed by atoms with Crippen molar-refractivity contribution in [2.75, 3.05) is 5.32 Å². The van der Waals surface area contributed by atoms with Crippen LogP contribution >= 0.6 is 0 Å². The zero-order valence-corrected chi connectivity index (χ0v) is 15.5. The molecule has 1 aliphatic carbocycles. The third kappa shape index (κ3) is 3.22. The molecule has 0 fully saturated rings. The molecule has 28 heavy (non-hydrogen) atoms. The molecule has 0 spiro atoms. The Morgan fingerprint density at radius 2 is 2.04 bits per heavy atom. The summed E-state index contributed by atoms with van der Waals surface area (Å²) in [4.78, 5) is 29.9. The van der Waals surface area contributed by atoms with Crippen molar-refractivity contribution in [2.24, 2.45) is 0 Å². The quantitative estimate of drug-likeness (QED) is 0.853. The molecule has 0 saturated carbocycles. The van der Waals surface area contributed by atoms with Crippen LogP contribution in [0.2, 0.25) is 0 Å². The molecule has 0 saturated heterocycles. The van der Waals surface area contributed by atoms with E-state index in [9.17, 15) is 14.0 Å². The van der Waals surface area contributed by atoms with E-state index >= 15 is 0 Å². The van der Waals surface area contributed by atoms with Crippen molar-refractivity contribution in [1.29, 1.82) is 0 Å². The van der Waals surface area contributed by atoms with Gasteiger partial charge in [0.1, 0.15) is 5.82 Å². The van der Waals surface area contributed by atoms with Crippen LogP contribution in [-0.4, -0.2) is 16.7 Å². The Labute approximate surface area is 162 Å². The zero-order chi connectivity index (χ0) is 19.7. The number of Topliss-reactive ketones (excluding diaryl/α,β-unsaturated/α-hetero) is 1. The number of aromatic nitrogens is 1. The van der Waals surface area contributed by atoms with Gasteiger partial charge in [-0.05, 0) is 38.0 Å². The van der Waals surface area contributed by atoms with E-state index in [4.69, 9.17) is 0 Å². The molecule has 0 radical (unpaired) electrons. The first-order valence-electron chi connectivity index (χ1n) is 9.26. The number of nitrogens with one attached hydrogen (secondary N) is 2. The molecule has 4 rings (SSSR count). The van der Waals surface area contributed by atoms with Crippen molar-refractivity contribution in [3.8, 4) is 0 Å². The highest BCUT2D eigenvalue weighted by Crippen LogP contribution is 2.43. The Kier molecular flexibility index (Phi) is 4.77. The second kappa shape index (κ2) is 7.38. The van der Waals surface area contributed by atoms with Crippen molar-refractivity contribution in [3.63, 3.8) is 0 Å². The van der Waals surface area contributed by atoms with Gasteiger partial charge in [-0.25, -0.2) is 4.39 Å². The van der Waals surface area contributed by atoms with E-state index in [1.807, 2.05) is 0 Å². The number of hydrogen-bond donors (Lipinski definition) is 2. The van der Waals surface area contributed by atoms with Crippen LogP contribution in [0.4, 0.5) is 10.1 Å². The van der Waals surface area contributed by atoms with Gasteiger partial charge in [0, 0.05) is 46.6 Å². The van der Waals surface area contributed by atoms with Gasteiger partial charge in [-0.3, -0.25) is 14.6 Å². The first kappa shape index (κ1) is 18.1. The number of anilines is 1. The number of carbonyl (C=O) groups is 2. The van der Waals surface area contributed by atoms with Gasteiger partial charge < -0.3 is 10.6 Å². The number of pyridine rings is 1. The second-order valence-corrected chi connectivity index (χ2v) is 6.98. The number of dihydropyridines is 1. The summed E-state index contributed by atoms with van der Waals surface area (Å²) in [6.45, 7) is 1.79. The Morgan fingerprint density at radius 1 is 1.21 bits per heavy atom. The second-order valence-electron chi connectivity index (χ2n) is 6.98. The highest BCUT2D eigenvalue weighted by molar-refractivity contribution is 6.09. The summed E-state index contributed by atoms with van der Waals surface area (Å²) in [5, 5.41) is 6.04. The number of benzene rings is 1. The lowest BCUT2D eigenvalue weighted by Crippen LogP contribution is -2.35. The Hall–Kier alpha value is -3.28. The molecule has 1 amide bonds. The number of rotatable bonds is 3. The largest absolute Gasteiger partial charge is 0.362 e. The van der Waals surface area contributed by atoms with Crippen LogP contribution in [0.3, 0.4) is 0 Å².